The lowest BCUT2D eigenvalue weighted by Crippen LogP contribution is -2.50. The predicted octanol–water partition coefficient (Wildman–Crippen LogP) is 4.35. The minimum Gasteiger partial charge on any atom is -0.488 e. The average Bonchev–Trinajstić information content (AvgIpc) is 3.30. The van der Waals surface area contributed by atoms with Crippen molar-refractivity contribution in [2.45, 2.75) is 44.2 Å². The Balaban J connectivity index is 1.34. The largest absolute Gasteiger partial charge is 0.488 e. The number of halogens is 1. The summed E-state index contributed by atoms with van der Waals surface area (Å²) in [7, 11) is 0. The lowest BCUT2D eigenvalue weighted by Gasteiger charge is -2.50. The first kappa shape index (κ1) is 20.9. The van der Waals surface area contributed by atoms with Gasteiger partial charge in [0.05, 0.1) is 13.2 Å². The zero-order chi connectivity index (χ0) is 21.1. The van der Waals surface area contributed by atoms with E-state index in [0.29, 0.717) is 12.5 Å². The summed E-state index contributed by atoms with van der Waals surface area (Å²) in [6.45, 7) is 6.55. The average molecular weight is 425 g/mol. The van der Waals surface area contributed by atoms with Crippen LogP contribution < -0.4 is 10.1 Å². The monoisotopic (exact) mass is 424 g/mol. The van der Waals surface area contributed by atoms with Gasteiger partial charge in [-0.1, -0.05) is 36.4 Å². The van der Waals surface area contributed by atoms with Crippen LogP contribution in [0.25, 0.3) is 0 Å². The molecule has 5 heteroatoms. The van der Waals surface area contributed by atoms with E-state index in [0.717, 1.165) is 57.1 Å². The predicted molar refractivity (Wildman–Crippen MR) is 120 cm³/mol. The molecule has 3 saturated heterocycles. The van der Waals surface area contributed by atoms with Gasteiger partial charge in [-0.15, -0.1) is 0 Å². The van der Waals surface area contributed by atoms with E-state index < -0.39 is 0 Å². The molecule has 0 radical (unpaired) electrons. The zero-order valence-corrected chi connectivity index (χ0v) is 18.2. The smallest absolute Gasteiger partial charge is 0.126 e. The van der Waals surface area contributed by atoms with Crippen molar-refractivity contribution in [1.29, 1.82) is 0 Å². The molecule has 31 heavy (non-hydrogen) atoms. The quantitative estimate of drug-likeness (QED) is 0.774. The van der Waals surface area contributed by atoms with E-state index in [2.05, 4.69) is 40.5 Å². The van der Waals surface area contributed by atoms with Crippen molar-refractivity contribution in [2.75, 3.05) is 39.4 Å². The summed E-state index contributed by atoms with van der Waals surface area (Å²) in [6.07, 6.45) is 4.42. The summed E-state index contributed by atoms with van der Waals surface area (Å²) in [5.41, 5.74) is 2.80. The first-order chi connectivity index (χ1) is 15.2. The summed E-state index contributed by atoms with van der Waals surface area (Å²) in [5, 5.41) is 3.60. The standard InChI is InChI=1S/C26H33FN2O2/c27-21-6-7-23(25(16-21)31-22-8-15-30-19-22)24-17-28-12-9-26(24)10-13-29(14-11-26)18-20-4-2-1-3-5-20/h1-7,16,22,24,28H,8-15,17-19H2/t22-,24?/m1/s1. The van der Waals surface area contributed by atoms with E-state index in [-0.39, 0.29) is 17.3 Å². The number of ether oxygens (including phenoxy) is 2. The highest BCUT2D eigenvalue weighted by atomic mass is 19.1. The van der Waals surface area contributed by atoms with E-state index in [1.807, 2.05) is 6.07 Å². The number of likely N-dealkylation sites (tertiary alicyclic amines) is 1. The van der Waals surface area contributed by atoms with Crippen LogP contribution in [0.2, 0.25) is 0 Å². The van der Waals surface area contributed by atoms with Gasteiger partial charge in [0.15, 0.2) is 0 Å². The molecule has 1 spiro atoms. The summed E-state index contributed by atoms with van der Waals surface area (Å²) in [5.74, 6) is 0.835. The Bertz CT molecular complexity index is 861. The van der Waals surface area contributed by atoms with Gasteiger partial charge in [0.25, 0.3) is 0 Å². The maximum atomic E-state index is 14.1. The number of benzene rings is 2. The molecular weight excluding hydrogens is 391 g/mol. The molecule has 0 saturated carbocycles. The fourth-order valence-corrected chi connectivity index (χ4v) is 5.69. The molecule has 3 heterocycles. The van der Waals surface area contributed by atoms with Gasteiger partial charge in [-0.05, 0) is 61.5 Å². The molecule has 1 N–H and O–H groups in total. The van der Waals surface area contributed by atoms with Crippen LogP contribution in [-0.4, -0.2) is 50.4 Å². The normalized spacial score (nSPS) is 26.2. The minimum absolute atomic E-state index is 0.0285. The molecule has 1 unspecified atom stereocenters. The van der Waals surface area contributed by atoms with Gasteiger partial charge in [0.1, 0.15) is 17.7 Å². The zero-order valence-electron chi connectivity index (χ0n) is 18.2. The van der Waals surface area contributed by atoms with Gasteiger partial charge in [0.2, 0.25) is 0 Å². The number of piperidine rings is 2. The maximum Gasteiger partial charge on any atom is 0.126 e. The molecule has 3 fully saturated rings. The summed E-state index contributed by atoms with van der Waals surface area (Å²) < 4.78 is 25.9. The topological polar surface area (TPSA) is 33.7 Å². The van der Waals surface area contributed by atoms with Crippen molar-refractivity contribution < 1.29 is 13.9 Å². The van der Waals surface area contributed by atoms with Crippen LogP contribution in [0.15, 0.2) is 48.5 Å². The molecule has 0 bridgehead atoms. The highest BCUT2D eigenvalue weighted by Gasteiger charge is 2.44. The van der Waals surface area contributed by atoms with E-state index in [1.165, 1.54) is 24.8 Å². The fourth-order valence-electron chi connectivity index (χ4n) is 5.69. The van der Waals surface area contributed by atoms with Gasteiger partial charge in [-0.2, -0.15) is 0 Å². The lowest BCUT2D eigenvalue weighted by molar-refractivity contribution is 0.0486. The number of nitrogens with one attached hydrogen (secondary N) is 1. The molecule has 3 aliphatic heterocycles. The van der Waals surface area contributed by atoms with Crippen molar-refractivity contribution >= 4 is 0 Å². The molecule has 2 aromatic carbocycles. The molecule has 0 aliphatic carbocycles. The summed E-state index contributed by atoms with van der Waals surface area (Å²) in [6, 6.07) is 15.9. The summed E-state index contributed by atoms with van der Waals surface area (Å²) in [4.78, 5) is 2.58. The number of nitrogens with zero attached hydrogens (tertiary/aromatic N) is 1. The highest BCUT2D eigenvalue weighted by molar-refractivity contribution is 5.39. The summed E-state index contributed by atoms with van der Waals surface area (Å²) >= 11 is 0. The van der Waals surface area contributed by atoms with Crippen molar-refractivity contribution in [3.8, 4) is 5.75 Å². The van der Waals surface area contributed by atoms with Crippen LogP contribution in [0.5, 0.6) is 5.75 Å². The van der Waals surface area contributed by atoms with Crippen molar-refractivity contribution in [3.05, 3.63) is 65.5 Å². The third-order valence-electron chi connectivity index (χ3n) is 7.52. The second-order valence-corrected chi connectivity index (χ2v) is 9.42. The Labute approximate surface area is 184 Å². The number of rotatable bonds is 5. The molecule has 2 aromatic rings. The molecule has 3 aliphatic rings. The highest BCUT2D eigenvalue weighted by Crippen LogP contribution is 2.50. The van der Waals surface area contributed by atoms with Crippen LogP contribution in [0.4, 0.5) is 4.39 Å². The van der Waals surface area contributed by atoms with Gasteiger partial charge in [-0.25, -0.2) is 4.39 Å². The molecule has 0 amide bonds. The first-order valence-electron chi connectivity index (χ1n) is 11.7. The minimum atomic E-state index is -0.229. The molecule has 4 nitrogen and oxygen atoms in total. The van der Waals surface area contributed by atoms with E-state index >= 15 is 0 Å². The van der Waals surface area contributed by atoms with Crippen molar-refractivity contribution in [3.63, 3.8) is 0 Å². The Kier molecular flexibility index (Phi) is 6.26. The Morgan fingerprint density at radius 1 is 1.10 bits per heavy atom. The maximum absolute atomic E-state index is 14.1. The van der Waals surface area contributed by atoms with Crippen LogP contribution in [0, 0.1) is 11.2 Å². The second-order valence-electron chi connectivity index (χ2n) is 9.42. The van der Waals surface area contributed by atoms with E-state index in [1.54, 1.807) is 12.1 Å². The Morgan fingerprint density at radius 2 is 1.94 bits per heavy atom. The van der Waals surface area contributed by atoms with E-state index in [4.69, 9.17) is 9.47 Å². The Morgan fingerprint density at radius 3 is 2.71 bits per heavy atom. The van der Waals surface area contributed by atoms with E-state index in [9.17, 15) is 4.39 Å². The molecule has 0 aromatic heterocycles. The van der Waals surface area contributed by atoms with Gasteiger partial charge in [-0.3, -0.25) is 4.90 Å². The number of hydrogen-bond donors (Lipinski definition) is 1. The number of hydrogen-bond acceptors (Lipinski definition) is 4. The van der Waals surface area contributed by atoms with Crippen LogP contribution >= 0.6 is 0 Å². The fraction of sp³-hybridized carbons (Fsp3) is 0.538. The lowest BCUT2D eigenvalue weighted by atomic mass is 9.62. The molecule has 166 valence electrons. The van der Waals surface area contributed by atoms with Gasteiger partial charge >= 0.3 is 0 Å². The van der Waals surface area contributed by atoms with Crippen molar-refractivity contribution in [1.82, 2.24) is 10.2 Å². The van der Waals surface area contributed by atoms with Gasteiger partial charge < -0.3 is 14.8 Å². The first-order valence-corrected chi connectivity index (χ1v) is 11.7. The SMILES string of the molecule is Fc1ccc(C2CNCCC23CCN(Cc2ccccc2)CC3)c(O[C@@H]2CCOC2)c1. The third kappa shape index (κ3) is 4.64. The van der Waals surface area contributed by atoms with Crippen LogP contribution in [0.3, 0.4) is 0 Å². The molecular formula is C26H33FN2O2. The second kappa shape index (κ2) is 9.27. The van der Waals surface area contributed by atoms with Crippen molar-refractivity contribution in [2.24, 2.45) is 5.41 Å². The molecule has 2 atom stereocenters. The van der Waals surface area contributed by atoms with Crippen LogP contribution in [0.1, 0.15) is 42.7 Å². The Hall–Kier alpha value is -1.95. The van der Waals surface area contributed by atoms with Gasteiger partial charge in [0, 0.05) is 31.5 Å². The van der Waals surface area contributed by atoms with Crippen LogP contribution in [-0.2, 0) is 11.3 Å². The third-order valence-corrected chi connectivity index (χ3v) is 7.52. The molecule has 5 rings (SSSR count).